The van der Waals surface area contributed by atoms with Crippen molar-refractivity contribution in [2.45, 2.75) is 37.6 Å². The second-order valence-electron chi connectivity index (χ2n) is 5.23. The van der Waals surface area contributed by atoms with Crippen molar-refractivity contribution >= 4 is 11.7 Å². The van der Waals surface area contributed by atoms with Crippen molar-refractivity contribution in [1.29, 1.82) is 0 Å². The van der Waals surface area contributed by atoms with Crippen molar-refractivity contribution in [2.24, 2.45) is 0 Å². The first-order valence-electron chi connectivity index (χ1n) is 7.00. The van der Waals surface area contributed by atoms with E-state index in [0.29, 0.717) is 11.7 Å². The van der Waals surface area contributed by atoms with E-state index in [4.69, 9.17) is 4.74 Å². The summed E-state index contributed by atoms with van der Waals surface area (Å²) in [6.45, 7) is 2.53. The molecule has 1 unspecified atom stereocenters. The SMILES string of the molecule is O=C(Nc1cc(C2CCOCC2)[nH]n1)C1CCCN1. The number of anilines is 1. The van der Waals surface area contributed by atoms with Gasteiger partial charge in [-0.15, -0.1) is 0 Å². The summed E-state index contributed by atoms with van der Waals surface area (Å²) < 4.78 is 5.35. The third-order valence-corrected chi connectivity index (χ3v) is 3.89. The summed E-state index contributed by atoms with van der Waals surface area (Å²) >= 11 is 0. The Hall–Kier alpha value is -1.40. The Morgan fingerprint density at radius 3 is 2.95 bits per heavy atom. The molecule has 19 heavy (non-hydrogen) atoms. The van der Waals surface area contributed by atoms with Gasteiger partial charge in [-0.05, 0) is 32.2 Å². The van der Waals surface area contributed by atoms with Crippen LogP contribution in [-0.2, 0) is 9.53 Å². The fourth-order valence-electron chi connectivity index (χ4n) is 2.74. The fourth-order valence-corrected chi connectivity index (χ4v) is 2.74. The fraction of sp³-hybridized carbons (Fsp3) is 0.692. The van der Waals surface area contributed by atoms with Crippen LogP contribution in [0.4, 0.5) is 5.82 Å². The predicted molar refractivity (Wildman–Crippen MR) is 71.0 cm³/mol. The van der Waals surface area contributed by atoms with E-state index in [9.17, 15) is 4.79 Å². The zero-order valence-electron chi connectivity index (χ0n) is 10.9. The van der Waals surface area contributed by atoms with Gasteiger partial charge in [0.2, 0.25) is 5.91 Å². The highest BCUT2D eigenvalue weighted by atomic mass is 16.5. The molecule has 1 aromatic heterocycles. The van der Waals surface area contributed by atoms with E-state index in [-0.39, 0.29) is 11.9 Å². The largest absolute Gasteiger partial charge is 0.381 e. The van der Waals surface area contributed by atoms with E-state index < -0.39 is 0 Å². The van der Waals surface area contributed by atoms with Crippen molar-refractivity contribution in [3.63, 3.8) is 0 Å². The Balaban J connectivity index is 1.59. The molecular weight excluding hydrogens is 244 g/mol. The van der Waals surface area contributed by atoms with Crippen LogP contribution in [0.5, 0.6) is 0 Å². The highest BCUT2D eigenvalue weighted by Gasteiger charge is 2.23. The minimum atomic E-state index is -0.0665. The molecule has 6 nitrogen and oxygen atoms in total. The predicted octanol–water partition coefficient (Wildman–Crippen LogP) is 0.994. The zero-order valence-corrected chi connectivity index (χ0v) is 10.9. The van der Waals surface area contributed by atoms with E-state index in [1.165, 1.54) is 0 Å². The van der Waals surface area contributed by atoms with Crippen LogP contribution in [0.2, 0.25) is 0 Å². The van der Waals surface area contributed by atoms with Crippen LogP contribution in [-0.4, -0.2) is 41.9 Å². The third-order valence-electron chi connectivity index (χ3n) is 3.89. The molecular formula is C13H20N4O2. The number of hydrogen-bond acceptors (Lipinski definition) is 4. The van der Waals surface area contributed by atoms with Gasteiger partial charge in [-0.2, -0.15) is 5.10 Å². The number of ether oxygens (including phenoxy) is 1. The van der Waals surface area contributed by atoms with Crippen LogP contribution in [0.15, 0.2) is 6.07 Å². The molecule has 6 heteroatoms. The van der Waals surface area contributed by atoms with Crippen molar-refractivity contribution in [1.82, 2.24) is 15.5 Å². The lowest BCUT2D eigenvalue weighted by molar-refractivity contribution is -0.117. The molecule has 0 aliphatic carbocycles. The first-order chi connectivity index (χ1) is 9.33. The molecule has 0 saturated carbocycles. The number of carbonyl (C=O) groups excluding carboxylic acids is 1. The van der Waals surface area contributed by atoms with Crippen molar-refractivity contribution in [2.75, 3.05) is 25.1 Å². The number of nitrogens with one attached hydrogen (secondary N) is 3. The Bertz CT molecular complexity index is 434. The van der Waals surface area contributed by atoms with Gasteiger partial charge in [0.05, 0.1) is 6.04 Å². The summed E-state index contributed by atoms with van der Waals surface area (Å²) in [7, 11) is 0. The van der Waals surface area contributed by atoms with E-state index in [0.717, 1.165) is 51.1 Å². The van der Waals surface area contributed by atoms with Crippen molar-refractivity contribution in [3.8, 4) is 0 Å². The van der Waals surface area contributed by atoms with Gasteiger partial charge >= 0.3 is 0 Å². The maximum absolute atomic E-state index is 12.0. The smallest absolute Gasteiger partial charge is 0.242 e. The number of H-pyrrole nitrogens is 1. The molecule has 3 heterocycles. The second-order valence-corrected chi connectivity index (χ2v) is 5.23. The number of amides is 1. The number of aromatic amines is 1. The molecule has 1 amide bonds. The summed E-state index contributed by atoms with van der Waals surface area (Å²) in [5, 5.41) is 13.3. The number of carbonyl (C=O) groups is 1. The summed E-state index contributed by atoms with van der Waals surface area (Å²) in [4.78, 5) is 12.0. The van der Waals surface area contributed by atoms with Gasteiger partial charge < -0.3 is 15.4 Å². The molecule has 0 bridgehead atoms. The molecule has 1 atom stereocenters. The van der Waals surface area contributed by atoms with Gasteiger partial charge in [0.25, 0.3) is 0 Å². The van der Waals surface area contributed by atoms with Crippen LogP contribution in [0.3, 0.4) is 0 Å². The molecule has 3 N–H and O–H groups in total. The molecule has 1 aromatic rings. The Morgan fingerprint density at radius 2 is 2.21 bits per heavy atom. The summed E-state index contributed by atoms with van der Waals surface area (Å²) in [6, 6.07) is 1.88. The van der Waals surface area contributed by atoms with Crippen LogP contribution >= 0.6 is 0 Å². The minimum Gasteiger partial charge on any atom is -0.381 e. The lowest BCUT2D eigenvalue weighted by Gasteiger charge is -2.20. The molecule has 0 radical (unpaired) electrons. The minimum absolute atomic E-state index is 0.0162. The molecule has 2 fully saturated rings. The lowest BCUT2D eigenvalue weighted by Crippen LogP contribution is -2.35. The number of aromatic nitrogens is 2. The maximum Gasteiger partial charge on any atom is 0.242 e. The standard InChI is InChI=1S/C13H20N4O2/c18-13(10-2-1-5-14-10)15-12-8-11(16-17-12)9-3-6-19-7-4-9/h8-10,14H,1-7H2,(H2,15,16,17,18). The van der Waals surface area contributed by atoms with Crippen molar-refractivity contribution < 1.29 is 9.53 Å². The average Bonchev–Trinajstić information content (AvgIpc) is 3.11. The first-order valence-corrected chi connectivity index (χ1v) is 7.00. The molecule has 2 aliphatic rings. The summed E-state index contributed by atoms with van der Waals surface area (Å²) in [6.07, 6.45) is 3.99. The zero-order chi connectivity index (χ0) is 13.1. The lowest BCUT2D eigenvalue weighted by atomic mass is 9.97. The monoisotopic (exact) mass is 264 g/mol. The average molecular weight is 264 g/mol. The quantitative estimate of drug-likeness (QED) is 0.761. The second kappa shape index (κ2) is 5.71. The molecule has 2 aliphatic heterocycles. The molecule has 0 spiro atoms. The van der Waals surface area contributed by atoms with Gasteiger partial charge in [0.15, 0.2) is 5.82 Å². The van der Waals surface area contributed by atoms with Gasteiger partial charge in [-0.3, -0.25) is 9.89 Å². The van der Waals surface area contributed by atoms with E-state index in [1.54, 1.807) is 0 Å². The molecule has 3 rings (SSSR count). The van der Waals surface area contributed by atoms with E-state index in [1.807, 2.05) is 6.07 Å². The molecule has 0 aromatic carbocycles. The summed E-state index contributed by atoms with van der Waals surface area (Å²) in [5.74, 6) is 1.11. The Morgan fingerprint density at radius 1 is 1.37 bits per heavy atom. The van der Waals surface area contributed by atoms with Crippen LogP contribution in [0.25, 0.3) is 0 Å². The Kier molecular flexibility index (Phi) is 3.79. The number of nitrogens with zero attached hydrogens (tertiary/aromatic N) is 1. The van der Waals surface area contributed by atoms with Crippen molar-refractivity contribution in [3.05, 3.63) is 11.8 Å². The van der Waals surface area contributed by atoms with Gasteiger partial charge in [-0.1, -0.05) is 0 Å². The normalized spacial score (nSPS) is 24.5. The molecule has 104 valence electrons. The number of hydrogen-bond donors (Lipinski definition) is 3. The summed E-state index contributed by atoms with van der Waals surface area (Å²) in [5.41, 5.74) is 1.10. The van der Waals surface area contributed by atoms with Gasteiger partial charge in [0, 0.05) is 30.9 Å². The molecule has 2 saturated heterocycles. The van der Waals surface area contributed by atoms with Crippen LogP contribution in [0, 0.1) is 0 Å². The van der Waals surface area contributed by atoms with Crippen LogP contribution in [0.1, 0.15) is 37.3 Å². The maximum atomic E-state index is 12.0. The third kappa shape index (κ3) is 2.96. The van der Waals surface area contributed by atoms with E-state index >= 15 is 0 Å². The highest BCUT2D eigenvalue weighted by molar-refractivity contribution is 5.94. The Labute approximate surface area is 112 Å². The van der Waals surface area contributed by atoms with Gasteiger partial charge in [-0.25, -0.2) is 0 Å². The van der Waals surface area contributed by atoms with Crippen LogP contribution < -0.4 is 10.6 Å². The highest BCUT2D eigenvalue weighted by Crippen LogP contribution is 2.26. The first kappa shape index (κ1) is 12.6. The topological polar surface area (TPSA) is 79.0 Å². The number of rotatable bonds is 3. The van der Waals surface area contributed by atoms with E-state index in [2.05, 4.69) is 20.8 Å². The van der Waals surface area contributed by atoms with Gasteiger partial charge in [0.1, 0.15) is 0 Å².